The topological polar surface area (TPSA) is 109 Å². The summed E-state index contributed by atoms with van der Waals surface area (Å²) in [4.78, 5) is 35.1. The Morgan fingerprint density at radius 3 is 2.73 bits per heavy atom. The minimum atomic E-state index is -0.797. The summed E-state index contributed by atoms with van der Waals surface area (Å²) in [5.41, 5.74) is 0.0831. The number of benzene rings is 1. The first-order valence-corrected chi connectivity index (χ1v) is 7.94. The zero-order valence-electron chi connectivity index (χ0n) is 14.1. The molecular weight excluding hydrogens is 342 g/mol. The number of hydrogen-bond acceptors (Lipinski definition) is 7. The van der Waals surface area contributed by atoms with Gasteiger partial charge in [-0.3, -0.25) is 9.59 Å². The van der Waals surface area contributed by atoms with Crippen molar-refractivity contribution in [2.24, 2.45) is 7.05 Å². The highest BCUT2D eigenvalue weighted by Crippen LogP contribution is 2.32. The number of fused-ring (bicyclic) bond motifs is 1. The van der Waals surface area contributed by atoms with E-state index >= 15 is 0 Å². The van der Waals surface area contributed by atoms with Crippen LogP contribution in [0.4, 0.5) is 5.69 Å². The van der Waals surface area contributed by atoms with Gasteiger partial charge in [0.25, 0.3) is 11.5 Å². The number of carbonyl (C=O) groups is 2. The molecular formula is C17H17N3O6. The number of aromatic nitrogens is 2. The minimum Gasteiger partial charge on any atom is -0.490 e. The Hall–Kier alpha value is -3.36. The highest BCUT2D eigenvalue weighted by Gasteiger charge is 2.14. The summed E-state index contributed by atoms with van der Waals surface area (Å²) in [6, 6.07) is 7.46. The van der Waals surface area contributed by atoms with Crippen molar-refractivity contribution >= 4 is 17.6 Å². The summed E-state index contributed by atoms with van der Waals surface area (Å²) in [6.07, 6.45) is 0.783. The second kappa shape index (κ2) is 7.68. The SMILES string of the molecule is Cn1nc(C(=O)OCC(=O)Nc2ccc3c(c2)OCCCO3)ccc1=O. The van der Waals surface area contributed by atoms with E-state index in [0.717, 1.165) is 11.1 Å². The van der Waals surface area contributed by atoms with Gasteiger partial charge in [0, 0.05) is 31.3 Å². The molecule has 1 aromatic carbocycles. The molecule has 136 valence electrons. The minimum absolute atomic E-state index is 0.0597. The smallest absolute Gasteiger partial charge is 0.359 e. The van der Waals surface area contributed by atoms with Crippen molar-refractivity contribution in [3.05, 3.63) is 46.4 Å². The van der Waals surface area contributed by atoms with E-state index < -0.39 is 18.5 Å². The molecule has 1 aliphatic rings. The molecule has 3 rings (SSSR count). The van der Waals surface area contributed by atoms with Gasteiger partial charge in [0.2, 0.25) is 0 Å². The normalized spacial score (nSPS) is 12.8. The Balaban J connectivity index is 1.57. The summed E-state index contributed by atoms with van der Waals surface area (Å²) in [5.74, 6) is -0.147. The van der Waals surface area contributed by atoms with Gasteiger partial charge in [0.05, 0.1) is 13.2 Å². The zero-order chi connectivity index (χ0) is 18.5. The molecule has 0 unspecified atom stereocenters. The average molecular weight is 359 g/mol. The van der Waals surface area contributed by atoms with E-state index in [2.05, 4.69) is 10.4 Å². The van der Waals surface area contributed by atoms with Crippen LogP contribution in [-0.2, 0) is 16.6 Å². The number of esters is 1. The standard InChI is InChI=1S/C17H17N3O6/c1-20-16(22)6-4-12(19-20)17(23)26-10-15(21)18-11-3-5-13-14(9-11)25-8-2-7-24-13/h3-6,9H,2,7-8,10H2,1H3,(H,18,21). The third-order valence-corrected chi connectivity index (χ3v) is 3.54. The van der Waals surface area contributed by atoms with Crippen LogP contribution in [0.1, 0.15) is 16.9 Å². The van der Waals surface area contributed by atoms with Crippen molar-refractivity contribution in [3.63, 3.8) is 0 Å². The fourth-order valence-electron chi connectivity index (χ4n) is 2.25. The maximum atomic E-state index is 12.0. The highest BCUT2D eigenvalue weighted by molar-refractivity contribution is 5.95. The fraction of sp³-hybridized carbons (Fsp3) is 0.294. The summed E-state index contributed by atoms with van der Waals surface area (Å²) in [7, 11) is 1.41. The first-order valence-electron chi connectivity index (χ1n) is 7.94. The summed E-state index contributed by atoms with van der Waals surface area (Å²) < 4.78 is 17.0. The molecule has 0 saturated carbocycles. The molecule has 1 aliphatic heterocycles. The molecule has 1 aromatic heterocycles. The van der Waals surface area contributed by atoms with Crippen LogP contribution in [0.25, 0.3) is 0 Å². The number of carbonyl (C=O) groups excluding carboxylic acids is 2. The molecule has 0 atom stereocenters. The van der Waals surface area contributed by atoms with Crippen LogP contribution in [0.15, 0.2) is 35.1 Å². The number of nitrogens with one attached hydrogen (secondary N) is 1. The van der Waals surface area contributed by atoms with E-state index in [9.17, 15) is 14.4 Å². The van der Waals surface area contributed by atoms with Crippen LogP contribution in [0.2, 0.25) is 0 Å². The van der Waals surface area contributed by atoms with E-state index in [1.807, 2.05) is 0 Å². The molecule has 0 fully saturated rings. The van der Waals surface area contributed by atoms with Gasteiger partial charge >= 0.3 is 5.97 Å². The van der Waals surface area contributed by atoms with Crippen LogP contribution >= 0.6 is 0 Å². The molecule has 0 saturated heterocycles. The molecule has 0 aliphatic carbocycles. The fourth-order valence-corrected chi connectivity index (χ4v) is 2.25. The van der Waals surface area contributed by atoms with Crippen molar-refractivity contribution in [3.8, 4) is 11.5 Å². The quantitative estimate of drug-likeness (QED) is 0.802. The number of amides is 1. The molecule has 0 radical (unpaired) electrons. The van der Waals surface area contributed by atoms with Gasteiger partial charge in [-0.05, 0) is 18.2 Å². The van der Waals surface area contributed by atoms with Crippen molar-refractivity contribution in [1.82, 2.24) is 9.78 Å². The Morgan fingerprint density at radius 1 is 1.19 bits per heavy atom. The number of rotatable bonds is 4. The number of nitrogens with zero attached hydrogens (tertiary/aromatic N) is 2. The first-order chi connectivity index (χ1) is 12.5. The van der Waals surface area contributed by atoms with E-state index in [-0.39, 0.29) is 11.3 Å². The Kier molecular flexibility index (Phi) is 5.16. The number of anilines is 1. The van der Waals surface area contributed by atoms with Crippen LogP contribution in [0, 0.1) is 0 Å². The molecule has 0 spiro atoms. The van der Waals surface area contributed by atoms with Crippen LogP contribution in [0.3, 0.4) is 0 Å². The van der Waals surface area contributed by atoms with Gasteiger partial charge in [-0.15, -0.1) is 0 Å². The molecule has 1 N–H and O–H groups in total. The third kappa shape index (κ3) is 4.18. The molecule has 26 heavy (non-hydrogen) atoms. The van der Waals surface area contributed by atoms with E-state index in [0.29, 0.717) is 30.4 Å². The van der Waals surface area contributed by atoms with Gasteiger partial charge < -0.3 is 19.5 Å². The lowest BCUT2D eigenvalue weighted by atomic mass is 10.2. The molecule has 9 heteroatoms. The van der Waals surface area contributed by atoms with Crippen molar-refractivity contribution < 1.29 is 23.8 Å². The lowest BCUT2D eigenvalue weighted by Crippen LogP contribution is -2.24. The zero-order valence-corrected chi connectivity index (χ0v) is 14.1. The van der Waals surface area contributed by atoms with Gasteiger partial charge in [-0.1, -0.05) is 0 Å². The van der Waals surface area contributed by atoms with E-state index in [4.69, 9.17) is 14.2 Å². The second-order valence-electron chi connectivity index (χ2n) is 5.52. The second-order valence-corrected chi connectivity index (χ2v) is 5.52. The Bertz CT molecular complexity index is 892. The molecule has 2 heterocycles. The number of hydrogen-bond donors (Lipinski definition) is 1. The van der Waals surface area contributed by atoms with Crippen LogP contribution < -0.4 is 20.3 Å². The Morgan fingerprint density at radius 2 is 1.96 bits per heavy atom. The van der Waals surface area contributed by atoms with Gasteiger partial charge in [0.1, 0.15) is 0 Å². The molecule has 2 aromatic rings. The number of ether oxygens (including phenoxy) is 3. The van der Waals surface area contributed by atoms with Gasteiger partial charge in [0.15, 0.2) is 23.8 Å². The summed E-state index contributed by atoms with van der Waals surface area (Å²) in [5, 5.41) is 6.37. The van der Waals surface area contributed by atoms with Crippen molar-refractivity contribution in [2.45, 2.75) is 6.42 Å². The highest BCUT2D eigenvalue weighted by atomic mass is 16.5. The predicted octanol–water partition coefficient (Wildman–Crippen LogP) is 0.737. The average Bonchev–Trinajstić information content (AvgIpc) is 2.87. The van der Waals surface area contributed by atoms with Crippen molar-refractivity contribution in [2.75, 3.05) is 25.1 Å². The maximum absolute atomic E-state index is 12.0. The largest absolute Gasteiger partial charge is 0.490 e. The summed E-state index contributed by atoms with van der Waals surface area (Å²) in [6.45, 7) is 0.625. The van der Waals surface area contributed by atoms with Crippen LogP contribution in [0.5, 0.6) is 11.5 Å². The maximum Gasteiger partial charge on any atom is 0.359 e. The predicted molar refractivity (Wildman–Crippen MR) is 90.4 cm³/mol. The monoisotopic (exact) mass is 359 g/mol. The Labute approximate surface area is 148 Å². The molecule has 9 nitrogen and oxygen atoms in total. The van der Waals surface area contributed by atoms with E-state index in [1.165, 1.54) is 19.2 Å². The van der Waals surface area contributed by atoms with Gasteiger partial charge in [-0.2, -0.15) is 5.10 Å². The lowest BCUT2D eigenvalue weighted by Gasteiger charge is -2.10. The van der Waals surface area contributed by atoms with Crippen molar-refractivity contribution in [1.29, 1.82) is 0 Å². The van der Waals surface area contributed by atoms with Crippen LogP contribution in [-0.4, -0.2) is 41.5 Å². The van der Waals surface area contributed by atoms with Gasteiger partial charge in [-0.25, -0.2) is 9.48 Å². The molecule has 1 amide bonds. The first kappa shape index (κ1) is 17.5. The van der Waals surface area contributed by atoms with E-state index in [1.54, 1.807) is 18.2 Å². The summed E-state index contributed by atoms with van der Waals surface area (Å²) >= 11 is 0. The third-order valence-electron chi connectivity index (χ3n) is 3.54. The number of aryl methyl sites for hydroxylation is 1. The molecule has 0 bridgehead atoms. The lowest BCUT2D eigenvalue weighted by molar-refractivity contribution is -0.119.